The second-order valence-corrected chi connectivity index (χ2v) is 4.52. The van der Waals surface area contributed by atoms with Gasteiger partial charge in [0.15, 0.2) is 0 Å². The Labute approximate surface area is 108 Å². The van der Waals surface area contributed by atoms with E-state index in [4.69, 9.17) is 4.74 Å². The van der Waals surface area contributed by atoms with Crippen LogP contribution >= 0.6 is 0 Å². The Morgan fingerprint density at radius 3 is 2.94 bits per heavy atom. The SMILES string of the molecule is O=C(CCOc1ccccc1)N[C@@H]1CCCNC1. The third-order valence-electron chi connectivity index (χ3n) is 3.00. The largest absolute Gasteiger partial charge is 0.493 e. The van der Waals surface area contributed by atoms with Crippen LogP contribution in [0.2, 0.25) is 0 Å². The van der Waals surface area contributed by atoms with Crippen molar-refractivity contribution in [3.05, 3.63) is 30.3 Å². The molecule has 0 bridgehead atoms. The van der Waals surface area contributed by atoms with Crippen LogP contribution in [0.4, 0.5) is 0 Å². The lowest BCUT2D eigenvalue weighted by molar-refractivity contribution is -0.122. The first-order chi connectivity index (χ1) is 8.84. The molecule has 1 heterocycles. The minimum Gasteiger partial charge on any atom is -0.493 e. The second-order valence-electron chi connectivity index (χ2n) is 4.52. The number of benzene rings is 1. The second kappa shape index (κ2) is 7.01. The molecule has 2 N–H and O–H groups in total. The molecule has 0 aromatic heterocycles. The fraction of sp³-hybridized carbons (Fsp3) is 0.500. The lowest BCUT2D eigenvalue weighted by atomic mass is 10.1. The maximum Gasteiger partial charge on any atom is 0.223 e. The number of piperidine rings is 1. The first-order valence-corrected chi connectivity index (χ1v) is 6.52. The van der Waals surface area contributed by atoms with Gasteiger partial charge in [-0.25, -0.2) is 0 Å². The number of hydrogen-bond donors (Lipinski definition) is 2. The van der Waals surface area contributed by atoms with E-state index in [1.54, 1.807) is 0 Å². The predicted octanol–water partition coefficient (Wildman–Crippen LogP) is 1.32. The van der Waals surface area contributed by atoms with Gasteiger partial charge in [0.05, 0.1) is 13.0 Å². The van der Waals surface area contributed by atoms with Crippen LogP contribution < -0.4 is 15.4 Å². The molecule has 1 saturated heterocycles. The zero-order valence-electron chi connectivity index (χ0n) is 10.5. The van der Waals surface area contributed by atoms with Gasteiger partial charge in [0.2, 0.25) is 5.91 Å². The molecule has 4 nitrogen and oxygen atoms in total. The van der Waals surface area contributed by atoms with Gasteiger partial charge in [0, 0.05) is 12.6 Å². The molecular formula is C14H20N2O2. The van der Waals surface area contributed by atoms with E-state index in [0.717, 1.165) is 31.7 Å². The van der Waals surface area contributed by atoms with Crippen LogP contribution in [0.25, 0.3) is 0 Å². The highest BCUT2D eigenvalue weighted by Gasteiger charge is 2.14. The molecule has 18 heavy (non-hydrogen) atoms. The minimum absolute atomic E-state index is 0.0691. The summed E-state index contributed by atoms with van der Waals surface area (Å²) in [5, 5.41) is 6.30. The number of hydrogen-bond acceptors (Lipinski definition) is 3. The Bertz CT molecular complexity index is 361. The third-order valence-corrected chi connectivity index (χ3v) is 3.00. The Balaban J connectivity index is 1.62. The van der Waals surface area contributed by atoms with Crippen molar-refractivity contribution in [1.82, 2.24) is 10.6 Å². The molecule has 0 unspecified atom stereocenters. The molecule has 1 atom stereocenters. The molecule has 1 aromatic rings. The summed E-state index contributed by atoms with van der Waals surface area (Å²) in [5.41, 5.74) is 0. The number of carbonyl (C=O) groups is 1. The molecule has 1 amide bonds. The van der Waals surface area contributed by atoms with E-state index in [9.17, 15) is 4.79 Å². The van der Waals surface area contributed by atoms with E-state index >= 15 is 0 Å². The van der Waals surface area contributed by atoms with Crippen molar-refractivity contribution < 1.29 is 9.53 Å². The summed E-state index contributed by atoms with van der Waals surface area (Å²) in [6, 6.07) is 9.84. The number of para-hydroxylation sites is 1. The number of nitrogens with one attached hydrogen (secondary N) is 2. The van der Waals surface area contributed by atoms with Gasteiger partial charge in [-0.05, 0) is 31.5 Å². The van der Waals surface area contributed by atoms with Crippen molar-refractivity contribution in [3.63, 3.8) is 0 Å². The number of carbonyl (C=O) groups excluding carboxylic acids is 1. The molecule has 1 aliphatic heterocycles. The fourth-order valence-corrected chi connectivity index (χ4v) is 2.05. The van der Waals surface area contributed by atoms with E-state index in [1.165, 1.54) is 0 Å². The lowest BCUT2D eigenvalue weighted by Crippen LogP contribution is -2.45. The van der Waals surface area contributed by atoms with Crippen molar-refractivity contribution in [2.45, 2.75) is 25.3 Å². The van der Waals surface area contributed by atoms with Crippen molar-refractivity contribution in [2.75, 3.05) is 19.7 Å². The van der Waals surface area contributed by atoms with Crippen LogP contribution in [0, 0.1) is 0 Å². The lowest BCUT2D eigenvalue weighted by Gasteiger charge is -2.23. The van der Waals surface area contributed by atoms with Gasteiger partial charge in [0.1, 0.15) is 5.75 Å². The molecule has 4 heteroatoms. The first-order valence-electron chi connectivity index (χ1n) is 6.52. The van der Waals surface area contributed by atoms with Crippen molar-refractivity contribution in [1.29, 1.82) is 0 Å². The topological polar surface area (TPSA) is 50.4 Å². The molecule has 0 saturated carbocycles. The Hall–Kier alpha value is -1.55. The maximum atomic E-state index is 11.7. The van der Waals surface area contributed by atoms with Crippen LogP contribution in [0.1, 0.15) is 19.3 Å². The number of rotatable bonds is 5. The van der Waals surface area contributed by atoms with Gasteiger partial charge >= 0.3 is 0 Å². The predicted molar refractivity (Wildman–Crippen MR) is 70.6 cm³/mol. The number of amides is 1. The van der Waals surface area contributed by atoms with Crippen LogP contribution in [0.5, 0.6) is 5.75 Å². The van der Waals surface area contributed by atoms with E-state index < -0.39 is 0 Å². The molecular weight excluding hydrogens is 228 g/mol. The molecule has 1 fully saturated rings. The number of ether oxygens (including phenoxy) is 1. The molecule has 98 valence electrons. The van der Waals surface area contributed by atoms with Crippen LogP contribution in [-0.4, -0.2) is 31.6 Å². The summed E-state index contributed by atoms with van der Waals surface area (Å²) in [5.74, 6) is 0.879. The zero-order valence-corrected chi connectivity index (χ0v) is 10.5. The van der Waals surface area contributed by atoms with Gasteiger partial charge < -0.3 is 15.4 Å². The summed E-state index contributed by atoms with van der Waals surface area (Å²) < 4.78 is 5.49. The summed E-state index contributed by atoms with van der Waals surface area (Å²) in [4.78, 5) is 11.7. The Kier molecular flexibility index (Phi) is 5.02. The van der Waals surface area contributed by atoms with E-state index in [2.05, 4.69) is 10.6 Å². The fourth-order valence-electron chi connectivity index (χ4n) is 2.05. The molecule has 0 radical (unpaired) electrons. The molecule has 1 aromatic carbocycles. The average Bonchev–Trinajstić information content (AvgIpc) is 2.41. The summed E-state index contributed by atoms with van der Waals surface area (Å²) in [6.07, 6.45) is 2.61. The summed E-state index contributed by atoms with van der Waals surface area (Å²) in [7, 11) is 0. The summed E-state index contributed by atoms with van der Waals surface area (Å²) >= 11 is 0. The highest BCUT2D eigenvalue weighted by Crippen LogP contribution is 2.08. The van der Waals surface area contributed by atoms with E-state index in [-0.39, 0.29) is 11.9 Å². The van der Waals surface area contributed by atoms with Crippen LogP contribution in [0.15, 0.2) is 30.3 Å². The molecule has 0 spiro atoms. The highest BCUT2D eigenvalue weighted by molar-refractivity contribution is 5.76. The van der Waals surface area contributed by atoms with Gasteiger partial charge in [0.25, 0.3) is 0 Å². The van der Waals surface area contributed by atoms with Crippen LogP contribution in [0.3, 0.4) is 0 Å². The summed E-state index contributed by atoms with van der Waals surface area (Å²) in [6.45, 7) is 2.37. The minimum atomic E-state index is 0.0691. The van der Waals surface area contributed by atoms with Gasteiger partial charge in [-0.2, -0.15) is 0 Å². The highest BCUT2D eigenvalue weighted by atomic mass is 16.5. The van der Waals surface area contributed by atoms with E-state index in [1.807, 2.05) is 30.3 Å². The van der Waals surface area contributed by atoms with Crippen molar-refractivity contribution >= 4 is 5.91 Å². The Morgan fingerprint density at radius 2 is 2.22 bits per heavy atom. The third kappa shape index (κ3) is 4.37. The monoisotopic (exact) mass is 248 g/mol. The smallest absolute Gasteiger partial charge is 0.223 e. The maximum absolute atomic E-state index is 11.7. The average molecular weight is 248 g/mol. The van der Waals surface area contributed by atoms with Gasteiger partial charge in [-0.15, -0.1) is 0 Å². The zero-order chi connectivity index (χ0) is 12.6. The van der Waals surface area contributed by atoms with Gasteiger partial charge in [-0.1, -0.05) is 18.2 Å². The quantitative estimate of drug-likeness (QED) is 0.826. The molecule has 0 aliphatic carbocycles. The van der Waals surface area contributed by atoms with Crippen molar-refractivity contribution in [2.24, 2.45) is 0 Å². The van der Waals surface area contributed by atoms with E-state index in [0.29, 0.717) is 13.0 Å². The molecule has 1 aliphatic rings. The van der Waals surface area contributed by atoms with Crippen LogP contribution in [-0.2, 0) is 4.79 Å². The first kappa shape index (κ1) is 12.9. The van der Waals surface area contributed by atoms with Gasteiger partial charge in [-0.3, -0.25) is 4.79 Å². The molecule has 2 rings (SSSR count). The normalized spacial score (nSPS) is 19.2. The Morgan fingerprint density at radius 1 is 1.39 bits per heavy atom. The van der Waals surface area contributed by atoms with Crippen molar-refractivity contribution in [3.8, 4) is 5.75 Å². The standard InChI is InChI=1S/C14H20N2O2/c17-14(16-12-5-4-9-15-11-12)8-10-18-13-6-2-1-3-7-13/h1-3,6-7,12,15H,4-5,8-11H2,(H,16,17)/t12-/m1/s1.